The van der Waals surface area contributed by atoms with Crippen LogP contribution in [-0.4, -0.2) is 44.9 Å². The molecule has 6 heteroatoms. The SMILES string of the molecule is CCS(=O)c1ccccc1C(=O)N(C)C(C)C(=O)O. The predicted molar refractivity (Wildman–Crippen MR) is 72.6 cm³/mol. The van der Waals surface area contributed by atoms with Gasteiger partial charge in [0.1, 0.15) is 6.04 Å². The fraction of sp³-hybridized carbons (Fsp3) is 0.385. The molecule has 0 radical (unpaired) electrons. The van der Waals surface area contributed by atoms with Crippen molar-refractivity contribution in [3.05, 3.63) is 29.8 Å². The monoisotopic (exact) mass is 283 g/mol. The van der Waals surface area contributed by atoms with Crippen LogP contribution in [0.4, 0.5) is 0 Å². The quantitative estimate of drug-likeness (QED) is 0.885. The lowest BCUT2D eigenvalue weighted by atomic mass is 10.2. The van der Waals surface area contributed by atoms with Gasteiger partial charge in [0, 0.05) is 12.8 Å². The summed E-state index contributed by atoms with van der Waals surface area (Å²) in [5.74, 6) is -1.11. The van der Waals surface area contributed by atoms with Gasteiger partial charge in [-0.05, 0) is 19.1 Å². The molecule has 19 heavy (non-hydrogen) atoms. The van der Waals surface area contributed by atoms with E-state index >= 15 is 0 Å². The van der Waals surface area contributed by atoms with Crippen molar-refractivity contribution in [2.75, 3.05) is 12.8 Å². The molecule has 0 fully saturated rings. The van der Waals surface area contributed by atoms with Crippen molar-refractivity contribution in [1.82, 2.24) is 4.90 Å². The molecule has 0 heterocycles. The van der Waals surface area contributed by atoms with E-state index in [0.29, 0.717) is 16.2 Å². The minimum absolute atomic E-state index is 0.290. The first-order valence-corrected chi connectivity index (χ1v) is 7.19. The normalized spacial score (nSPS) is 13.6. The standard InChI is InChI=1S/C13H17NO4S/c1-4-19(18)11-8-6-5-7-10(11)12(15)14(3)9(2)13(16)17/h5-9H,4H2,1-3H3,(H,16,17). The summed E-state index contributed by atoms with van der Waals surface area (Å²) in [6, 6.07) is 5.64. The third-order valence-electron chi connectivity index (χ3n) is 2.88. The first-order valence-electron chi connectivity index (χ1n) is 5.87. The van der Waals surface area contributed by atoms with E-state index in [4.69, 9.17) is 5.11 Å². The molecule has 0 aliphatic rings. The smallest absolute Gasteiger partial charge is 0.326 e. The van der Waals surface area contributed by atoms with Crippen LogP contribution in [0.15, 0.2) is 29.2 Å². The van der Waals surface area contributed by atoms with Gasteiger partial charge >= 0.3 is 5.97 Å². The van der Waals surface area contributed by atoms with Crippen molar-refractivity contribution in [2.24, 2.45) is 0 Å². The lowest BCUT2D eigenvalue weighted by Gasteiger charge is -2.22. The average molecular weight is 283 g/mol. The Kier molecular flexibility index (Phi) is 5.23. The zero-order chi connectivity index (χ0) is 14.6. The summed E-state index contributed by atoms with van der Waals surface area (Å²) in [4.78, 5) is 24.7. The Labute approximate surface area is 114 Å². The minimum Gasteiger partial charge on any atom is -0.480 e. The summed E-state index contributed by atoms with van der Waals surface area (Å²) in [5.41, 5.74) is 0.290. The van der Waals surface area contributed by atoms with Crippen molar-refractivity contribution in [3.63, 3.8) is 0 Å². The van der Waals surface area contributed by atoms with Gasteiger partial charge in [0.15, 0.2) is 0 Å². The van der Waals surface area contributed by atoms with E-state index in [9.17, 15) is 13.8 Å². The average Bonchev–Trinajstić information content (AvgIpc) is 2.43. The molecule has 2 unspecified atom stereocenters. The van der Waals surface area contributed by atoms with Gasteiger partial charge < -0.3 is 10.0 Å². The van der Waals surface area contributed by atoms with Crippen LogP contribution in [0.1, 0.15) is 24.2 Å². The third-order valence-corrected chi connectivity index (χ3v) is 4.25. The number of likely N-dealkylation sites (N-methyl/N-ethyl adjacent to an activating group) is 1. The van der Waals surface area contributed by atoms with Gasteiger partial charge in [-0.3, -0.25) is 9.00 Å². The second-order valence-electron chi connectivity index (χ2n) is 4.06. The van der Waals surface area contributed by atoms with Crippen LogP contribution >= 0.6 is 0 Å². The Morgan fingerprint density at radius 3 is 2.47 bits per heavy atom. The molecule has 1 N–H and O–H groups in total. The van der Waals surface area contributed by atoms with Gasteiger partial charge in [0.05, 0.1) is 21.3 Å². The highest BCUT2D eigenvalue weighted by molar-refractivity contribution is 7.85. The molecule has 0 aliphatic heterocycles. The second-order valence-corrected chi connectivity index (χ2v) is 5.77. The molecule has 0 aliphatic carbocycles. The number of hydrogen-bond donors (Lipinski definition) is 1. The Morgan fingerprint density at radius 1 is 1.37 bits per heavy atom. The van der Waals surface area contributed by atoms with Crippen molar-refractivity contribution in [1.29, 1.82) is 0 Å². The Morgan fingerprint density at radius 2 is 1.95 bits per heavy atom. The number of carboxylic acids is 1. The van der Waals surface area contributed by atoms with Crippen LogP contribution in [0.25, 0.3) is 0 Å². The number of carbonyl (C=O) groups is 2. The summed E-state index contributed by atoms with van der Waals surface area (Å²) in [7, 11) is 0.165. The van der Waals surface area contributed by atoms with Crippen LogP contribution in [0.3, 0.4) is 0 Å². The second kappa shape index (κ2) is 6.47. The van der Waals surface area contributed by atoms with Gasteiger partial charge in [0.25, 0.3) is 5.91 Å². The number of carbonyl (C=O) groups excluding carboxylic acids is 1. The summed E-state index contributed by atoms with van der Waals surface area (Å²) >= 11 is 0. The highest BCUT2D eigenvalue weighted by Gasteiger charge is 2.25. The van der Waals surface area contributed by atoms with E-state index in [1.54, 1.807) is 31.2 Å². The third kappa shape index (κ3) is 3.41. The van der Waals surface area contributed by atoms with Crippen LogP contribution in [0, 0.1) is 0 Å². The van der Waals surface area contributed by atoms with E-state index in [0.717, 1.165) is 4.90 Å². The van der Waals surface area contributed by atoms with E-state index in [2.05, 4.69) is 0 Å². The number of nitrogens with zero attached hydrogens (tertiary/aromatic N) is 1. The summed E-state index contributed by atoms with van der Waals surface area (Å²) in [5, 5.41) is 8.92. The number of hydrogen-bond acceptors (Lipinski definition) is 3. The Bertz CT molecular complexity index is 515. The highest BCUT2D eigenvalue weighted by Crippen LogP contribution is 2.16. The van der Waals surface area contributed by atoms with E-state index in [-0.39, 0.29) is 0 Å². The van der Waals surface area contributed by atoms with Gasteiger partial charge in [-0.1, -0.05) is 19.1 Å². The molecule has 2 atom stereocenters. The van der Waals surface area contributed by atoms with Gasteiger partial charge in [-0.25, -0.2) is 4.79 Å². The zero-order valence-corrected chi connectivity index (χ0v) is 11.9. The van der Waals surface area contributed by atoms with Crippen molar-refractivity contribution in [2.45, 2.75) is 24.8 Å². The van der Waals surface area contributed by atoms with Crippen molar-refractivity contribution < 1.29 is 18.9 Å². The van der Waals surface area contributed by atoms with Gasteiger partial charge in [0.2, 0.25) is 0 Å². The van der Waals surface area contributed by atoms with Gasteiger partial charge in [-0.2, -0.15) is 0 Å². The summed E-state index contributed by atoms with van der Waals surface area (Å²) in [6.45, 7) is 3.20. The maximum absolute atomic E-state index is 12.3. The fourth-order valence-electron chi connectivity index (χ4n) is 1.53. The molecule has 1 aromatic carbocycles. The molecule has 0 saturated heterocycles. The maximum Gasteiger partial charge on any atom is 0.326 e. The number of rotatable bonds is 5. The Balaban J connectivity index is 3.13. The first-order chi connectivity index (χ1) is 8.90. The molecule has 104 valence electrons. The Hall–Kier alpha value is -1.69. The minimum atomic E-state index is -1.26. The largest absolute Gasteiger partial charge is 0.480 e. The summed E-state index contributed by atoms with van der Waals surface area (Å²) < 4.78 is 11.9. The predicted octanol–water partition coefficient (Wildman–Crippen LogP) is 1.36. The number of amides is 1. The molecule has 0 saturated carbocycles. The van der Waals surface area contributed by atoms with Crippen LogP contribution in [-0.2, 0) is 15.6 Å². The first kappa shape index (κ1) is 15.4. The molecule has 1 amide bonds. The molecular weight excluding hydrogens is 266 g/mol. The maximum atomic E-state index is 12.3. The van der Waals surface area contributed by atoms with Crippen molar-refractivity contribution in [3.8, 4) is 0 Å². The number of carboxylic acid groups (broad SMARTS) is 1. The van der Waals surface area contributed by atoms with Crippen LogP contribution < -0.4 is 0 Å². The van der Waals surface area contributed by atoms with Crippen molar-refractivity contribution >= 4 is 22.7 Å². The summed E-state index contributed by atoms with van der Waals surface area (Å²) in [6.07, 6.45) is 0. The highest BCUT2D eigenvalue weighted by atomic mass is 32.2. The van der Waals surface area contributed by atoms with E-state index in [1.165, 1.54) is 14.0 Å². The lowest BCUT2D eigenvalue weighted by Crippen LogP contribution is -2.40. The number of aliphatic carboxylic acids is 1. The van der Waals surface area contributed by atoms with Crippen LogP contribution in [0.2, 0.25) is 0 Å². The molecule has 1 aromatic rings. The molecule has 1 rings (SSSR count). The number of benzene rings is 1. The van der Waals surface area contributed by atoms with E-state index in [1.807, 2.05) is 0 Å². The van der Waals surface area contributed by atoms with Gasteiger partial charge in [-0.15, -0.1) is 0 Å². The zero-order valence-electron chi connectivity index (χ0n) is 11.1. The molecule has 5 nitrogen and oxygen atoms in total. The van der Waals surface area contributed by atoms with E-state index < -0.39 is 28.7 Å². The molecule has 0 bridgehead atoms. The lowest BCUT2D eigenvalue weighted by molar-refractivity contribution is -0.141. The molecule has 0 spiro atoms. The fourth-order valence-corrected chi connectivity index (χ4v) is 2.47. The molecular formula is C13H17NO4S. The topological polar surface area (TPSA) is 74.7 Å². The van der Waals surface area contributed by atoms with Crippen LogP contribution in [0.5, 0.6) is 0 Å². The molecule has 0 aromatic heterocycles.